The molecule has 88 valence electrons. The van der Waals surface area contributed by atoms with Gasteiger partial charge in [-0.25, -0.2) is 9.37 Å². The highest BCUT2D eigenvalue weighted by molar-refractivity contribution is 5.71. The highest BCUT2D eigenvalue weighted by Crippen LogP contribution is 2.28. The Hall–Kier alpha value is -1.66. The van der Waals surface area contributed by atoms with E-state index in [1.807, 2.05) is 0 Å². The third-order valence-electron chi connectivity index (χ3n) is 1.69. The number of nitrogens with zero attached hydrogens (tertiary/aromatic N) is 1. The number of esters is 1. The number of ether oxygens (including phenoxy) is 1. The first-order valence-electron chi connectivity index (χ1n) is 4.13. The molecule has 0 saturated carbocycles. The standard InChI is InChI=1S/C9H7F4NO2/c1-16-8(15)4-6-2-5(10)3-7(14-6)9(11,12)13/h2-3H,4H2,1H3. The Labute approximate surface area is 88.0 Å². The number of carbonyl (C=O) groups is 1. The molecule has 0 aliphatic carbocycles. The maximum atomic E-state index is 12.8. The van der Waals surface area contributed by atoms with Crippen LogP contribution in [0.3, 0.4) is 0 Å². The van der Waals surface area contributed by atoms with Crippen LogP contribution in [0.5, 0.6) is 0 Å². The van der Waals surface area contributed by atoms with Crippen molar-refractivity contribution in [2.75, 3.05) is 7.11 Å². The highest BCUT2D eigenvalue weighted by atomic mass is 19.4. The van der Waals surface area contributed by atoms with E-state index in [2.05, 4.69) is 9.72 Å². The van der Waals surface area contributed by atoms with Crippen molar-refractivity contribution < 1.29 is 27.1 Å². The van der Waals surface area contributed by atoms with Gasteiger partial charge in [-0.2, -0.15) is 13.2 Å². The molecule has 1 rings (SSSR count). The fourth-order valence-corrected chi connectivity index (χ4v) is 1.01. The summed E-state index contributed by atoms with van der Waals surface area (Å²) >= 11 is 0. The van der Waals surface area contributed by atoms with Gasteiger partial charge in [-0.05, 0) is 6.07 Å². The summed E-state index contributed by atoms with van der Waals surface area (Å²) in [6.45, 7) is 0. The summed E-state index contributed by atoms with van der Waals surface area (Å²) in [4.78, 5) is 13.9. The first-order chi connectivity index (χ1) is 7.32. The van der Waals surface area contributed by atoms with Gasteiger partial charge in [-0.15, -0.1) is 0 Å². The number of pyridine rings is 1. The zero-order valence-corrected chi connectivity index (χ0v) is 8.14. The lowest BCUT2D eigenvalue weighted by Gasteiger charge is -2.07. The summed E-state index contributed by atoms with van der Waals surface area (Å²) < 4.78 is 53.7. The van der Waals surface area contributed by atoms with Crippen LogP contribution >= 0.6 is 0 Å². The molecular weight excluding hydrogens is 230 g/mol. The van der Waals surface area contributed by atoms with Gasteiger partial charge in [0.1, 0.15) is 11.5 Å². The van der Waals surface area contributed by atoms with E-state index in [-0.39, 0.29) is 11.8 Å². The minimum atomic E-state index is -4.74. The third kappa shape index (κ3) is 3.18. The van der Waals surface area contributed by atoms with Gasteiger partial charge in [0.15, 0.2) is 0 Å². The van der Waals surface area contributed by atoms with Crippen LogP contribution in [0.25, 0.3) is 0 Å². The predicted octanol–water partition coefficient (Wildman–Crippen LogP) is 1.95. The predicted molar refractivity (Wildman–Crippen MR) is 44.9 cm³/mol. The van der Waals surface area contributed by atoms with Crippen molar-refractivity contribution in [3.8, 4) is 0 Å². The normalized spacial score (nSPS) is 11.3. The lowest BCUT2D eigenvalue weighted by atomic mass is 10.2. The van der Waals surface area contributed by atoms with E-state index in [4.69, 9.17) is 0 Å². The first kappa shape index (κ1) is 12.4. The molecule has 0 aliphatic rings. The van der Waals surface area contributed by atoms with Gasteiger partial charge in [-0.1, -0.05) is 0 Å². The molecule has 0 aliphatic heterocycles. The van der Waals surface area contributed by atoms with E-state index in [0.717, 1.165) is 13.2 Å². The molecule has 0 radical (unpaired) electrons. The number of rotatable bonds is 2. The Kier molecular flexibility index (Phi) is 3.46. The molecule has 7 heteroatoms. The van der Waals surface area contributed by atoms with Gasteiger partial charge in [-0.3, -0.25) is 4.79 Å². The van der Waals surface area contributed by atoms with Crippen molar-refractivity contribution in [2.24, 2.45) is 0 Å². The molecule has 0 spiro atoms. The molecular formula is C9H7F4NO2. The molecule has 0 bridgehead atoms. The molecule has 0 N–H and O–H groups in total. The van der Waals surface area contributed by atoms with E-state index in [9.17, 15) is 22.4 Å². The van der Waals surface area contributed by atoms with Crippen LogP contribution in [-0.2, 0) is 22.1 Å². The number of halogens is 4. The molecule has 3 nitrogen and oxygen atoms in total. The number of hydrogen-bond acceptors (Lipinski definition) is 3. The summed E-state index contributed by atoms with van der Waals surface area (Å²) in [6, 6.07) is 1.02. The molecule has 0 saturated heterocycles. The Bertz CT molecular complexity index is 403. The van der Waals surface area contributed by atoms with Crippen molar-refractivity contribution in [1.82, 2.24) is 4.98 Å². The van der Waals surface area contributed by atoms with Crippen molar-refractivity contribution in [1.29, 1.82) is 0 Å². The lowest BCUT2D eigenvalue weighted by Crippen LogP contribution is -2.13. The second-order valence-electron chi connectivity index (χ2n) is 2.91. The number of hydrogen-bond donors (Lipinski definition) is 0. The van der Waals surface area contributed by atoms with Gasteiger partial charge in [0, 0.05) is 6.07 Å². The van der Waals surface area contributed by atoms with Crippen LogP contribution in [-0.4, -0.2) is 18.1 Å². The number of aromatic nitrogens is 1. The summed E-state index contributed by atoms with van der Waals surface area (Å²) in [5, 5.41) is 0. The van der Waals surface area contributed by atoms with E-state index in [0.29, 0.717) is 0 Å². The van der Waals surface area contributed by atoms with E-state index >= 15 is 0 Å². The van der Waals surface area contributed by atoms with Crippen molar-refractivity contribution in [2.45, 2.75) is 12.6 Å². The number of carbonyl (C=O) groups excluding carboxylic acids is 1. The topological polar surface area (TPSA) is 39.2 Å². The summed E-state index contributed by atoms with van der Waals surface area (Å²) in [5.41, 5.74) is -1.69. The summed E-state index contributed by atoms with van der Waals surface area (Å²) in [7, 11) is 1.08. The molecule has 1 aromatic heterocycles. The maximum absolute atomic E-state index is 12.8. The van der Waals surface area contributed by atoms with Crippen LogP contribution in [0.2, 0.25) is 0 Å². The van der Waals surface area contributed by atoms with Crippen LogP contribution < -0.4 is 0 Å². The number of alkyl halides is 3. The maximum Gasteiger partial charge on any atom is 0.433 e. The van der Waals surface area contributed by atoms with E-state index < -0.39 is 30.1 Å². The molecule has 0 unspecified atom stereocenters. The van der Waals surface area contributed by atoms with E-state index in [1.54, 1.807) is 0 Å². The zero-order valence-electron chi connectivity index (χ0n) is 8.14. The quantitative estimate of drug-likeness (QED) is 0.583. The van der Waals surface area contributed by atoms with Crippen LogP contribution in [0.15, 0.2) is 12.1 Å². The average molecular weight is 237 g/mol. The fourth-order valence-electron chi connectivity index (χ4n) is 1.01. The third-order valence-corrected chi connectivity index (χ3v) is 1.69. The van der Waals surface area contributed by atoms with Gasteiger partial charge >= 0.3 is 12.1 Å². The van der Waals surface area contributed by atoms with Gasteiger partial charge in [0.2, 0.25) is 0 Å². The second-order valence-corrected chi connectivity index (χ2v) is 2.91. The minimum Gasteiger partial charge on any atom is -0.469 e. The fraction of sp³-hybridized carbons (Fsp3) is 0.333. The monoisotopic (exact) mass is 237 g/mol. The average Bonchev–Trinajstić information content (AvgIpc) is 2.15. The molecule has 16 heavy (non-hydrogen) atoms. The first-order valence-corrected chi connectivity index (χ1v) is 4.13. The molecule has 1 heterocycles. The summed E-state index contributed by atoms with van der Waals surface area (Å²) in [5.74, 6) is -1.88. The van der Waals surface area contributed by atoms with Gasteiger partial charge in [0.05, 0.1) is 19.2 Å². The lowest BCUT2D eigenvalue weighted by molar-refractivity contribution is -0.143. The Morgan fingerprint density at radius 3 is 2.56 bits per heavy atom. The largest absolute Gasteiger partial charge is 0.469 e. The van der Waals surface area contributed by atoms with Crippen molar-refractivity contribution in [3.63, 3.8) is 0 Å². The zero-order chi connectivity index (χ0) is 12.3. The van der Waals surface area contributed by atoms with Crippen molar-refractivity contribution in [3.05, 3.63) is 29.3 Å². The molecule has 1 aromatic rings. The van der Waals surface area contributed by atoms with Gasteiger partial charge < -0.3 is 4.74 Å². The Morgan fingerprint density at radius 1 is 1.44 bits per heavy atom. The SMILES string of the molecule is COC(=O)Cc1cc(F)cc(C(F)(F)F)n1. The van der Waals surface area contributed by atoms with E-state index in [1.165, 1.54) is 0 Å². The smallest absolute Gasteiger partial charge is 0.433 e. The van der Waals surface area contributed by atoms with Crippen LogP contribution in [0.4, 0.5) is 17.6 Å². The Balaban J connectivity index is 3.04. The van der Waals surface area contributed by atoms with Crippen molar-refractivity contribution >= 4 is 5.97 Å². The molecule has 0 aromatic carbocycles. The highest BCUT2D eigenvalue weighted by Gasteiger charge is 2.33. The summed E-state index contributed by atoms with van der Waals surface area (Å²) in [6.07, 6.45) is -5.25. The van der Waals surface area contributed by atoms with Crippen LogP contribution in [0.1, 0.15) is 11.4 Å². The molecule has 0 fully saturated rings. The minimum absolute atomic E-state index is 0.265. The second kappa shape index (κ2) is 4.46. The number of methoxy groups -OCH3 is 1. The van der Waals surface area contributed by atoms with Gasteiger partial charge in [0.25, 0.3) is 0 Å². The molecule has 0 amide bonds. The van der Waals surface area contributed by atoms with Crippen LogP contribution in [0, 0.1) is 5.82 Å². The Morgan fingerprint density at radius 2 is 2.06 bits per heavy atom. The molecule has 0 atom stereocenters.